The zero-order valence-corrected chi connectivity index (χ0v) is 17.3. The molecule has 2 aromatic heterocycles. The number of pyridine rings is 1. The number of anilines is 2. The summed E-state index contributed by atoms with van der Waals surface area (Å²) in [6.45, 7) is 1.83. The first-order valence-corrected chi connectivity index (χ1v) is 10.4. The van der Waals surface area contributed by atoms with Crippen molar-refractivity contribution in [3.8, 4) is 17.4 Å². The second-order valence-electron chi connectivity index (χ2n) is 7.77. The van der Waals surface area contributed by atoms with Gasteiger partial charge in [0.05, 0.1) is 18.1 Å². The van der Waals surface area contributed by atoms with E-state index in [2.05, 4.69) is 16.0 Å². The molecule has 2 fully saturated rings. The molecule has 1 aliphatic carbocycles. The molecule has 1 saturated carbocycles. The summed E-state index contributed by atoms with van der Waals surface area (Å²) in [6.07, 6.45) is 5.83. The summed E-state index contributed by atoms with van der Waals surface area (Å²) in [5.74, 6) is 0.843. The molecule has 1 atom stereocenters. The standard InChI is InChI=1S/C23H20N4O2S/c1-15-12-18(14-25-19(15)13-24)26-21(28)23(9-3-10-23)27(22(26)30)17-7-5-16(6-8-17)20-4-2-11-29-20/h2,4-8,11-12,14,22,30H,3,9-10H2,1H3. The van der Waals surface area contributed by atoms with Crippen LogP contribution in [0.4, 0.5) is 11.4 Å². The first kappa shape index (κ1) is 18.8. The summed E-state index contributed by atoms with van der Waals surface area (Å²) in [6, 6.07) is 15.7. The molecule has 1 saturated heterocycles. The largest absolute Gasteiger partial charge is 0.464 e. The smallest absolute Gasteiger partial charge is 0.255 e. The average molecular weight is 417 g/mol. The van der Waals surface area contributed by atoms with Gasteiger partial charge in [0.25, 0.3) is 5.91 Å². The Morgan fingerprint density at radius 3 is 2.57 bits per heavy atom. The summed E-state index contributed by atoms with van der Waals surface area (Å²) < 4.78 is 5.48. The Kier molecular flexibility index (Phi) is 4.33. The van der Waals surface area contributed by atoms with E-state index in [0.717, 1.165) is 41.8 Å². The van der Waals surface area contributed by atoms with Crippen molar-refractivity contribution in [1.82, 2.24) is 4.98 Å². The van der Waals surface area contributed by atoms with Crippen molar-refractivity contribution in [2.45, 2.75) is 37.2 Å². The second kappa shape index (κ2) is 6.92. The van der Waals surface area contributed by atoms with E-state index in [4.69, 9.17) is 22.3 Å². The molecule has 1 spiro atoms. The van der Waals surface area contributed by atoms with Crippen LogP contribution in [0.15, 0.2) is 59.3 Å². The summed E-state index contributed by atoms with van der Waals surface area (Å²) in [4.78, 5) is 21.6. The van der Waals surface area contributed by atoms with Crippen LogP contribution < -0.4 is 9.80 Å². The number of carbonyl (C=O) groups excluding carboxylic acids is 1. The summed E-state index contributed by atoms with van der Waals surface area (Å²) in [5.41, 5.74) is 2.66. The van der Waals surface area contributed by atoms with Crippen LogP contribution in [0.25, 0.3) is 11.3 Å². The fraction of sp³-hybridized carbons (Fsp3) is 0.261. The van der Waals surface area contributed by atoms with Gasteiger partial charge in [-0.05, 0) is 74.2 Å². The van der Waals surface area contributed by atoms with E-state index >= 15 is 0 Å². The third-order valence-electron chi connectivity index (χ3n) is 6.12. The number of furan rings is 1. The van der Waals surface area contributed by atoms with Crippen LogP contribution in [0, 0.1) is 18.3 Å². The molecule has 1 unspecified atom stereocenters. The first-order valence-electron chi connectivity index (χ1n) is 9.87. The second-order valence-corrected chi connectivity index (χ2v) is 8.23. The van der Waals surface area contributed by atoms with E-state index in [1.54, 1.807) is 17.4 Å². The van der Waals surface area contributed by atoms with Gasteiger partial charge in [0.2, 0.25) is 0 Å². The first-order chi connectivity index (χ1) is 14.5. The molecule has 1 amide bonds. The fourth-order valence-corrected chi connectivity index (χ4v) is 5.00. The van der Waals surface area contributed by atoms with Crippen molar-refractivity contribution in [2.24, 2.45) is 0 Å². The van der Waals surface area contributed by atoms with Crippen LogP contribution in [0.1, 0.15) is 30.5 Å². The number of rotatable bonds is 3. The Labute approximate surface area is 180 Å². The van der Waals surface area contributed by atoms with Crippen molar-refractivity contribution < 1.29 is 9.21 Å². The lowest BCUT2D eigenvalue weighted by Gasteiger charge is -2.44. The molecule has 5 rings (SSSR count). The zero-order chi connectivity index (χ0) is 20.9. The highest BCUT2D eigenvalue weighted by atomic mass is 32.1. The molecule has 0 radical (unpaired) electrons. The summed E-state index contributed by atoms with van der Waals surface area (Å²) in [5, 5.41) is 9.17. The Bertz CT molecular complexity index is 1150. The molecule has 1 aromatic carbocycles. The lowest BCUT2D eigenvalue weighted by Crippen LogP contribution is -2.55. The van der Waals surface area contributed by atoms with Gasteiger partial charge in [-0.3, -0.25) is 9.69 Å². The third kappa shape index (κ3) is 2.64. The molecule has 3 heterocycles. The van der Waals surface area contributed by atoms with Crippen molar-refractivity contribution in [3.05, 3.63) is 66.2 Å². The summed E-state index contributed by atoms with van der Waals surface area (Å²) >= 11 is 4.85. The topological polar surface area (TPSA) is 73.4 Å². The molecule has 3 aromatic rings. The number of benzene rings is 1. The van der Waals surface area contributed by atoms with Gasteiger partial charge in [0, 0.05) is 11.3 Å². The normalized spacial score (nSPS) is 19.8. The number of aryl methyl sites for hydroxylation is 1. The van der Waals surface area contributed by atoms with E-state index in [1.807, 2.05) is 49.4 Å². The molecular formula is C23H20N4O2S. The quantitative estimate of drug-likeness (QED) is 0.636. The van der Waals surface area contributed by atoms with Crippen LogP contribution >= 0.6 is 12.6 Å². The van der Waals surface area contributed by atoms with Crippen molar-refractivity contribution in [1.29, 1.82) is 5.26 Å². The summed E-state index contributed by atoms with van der Waals surface area (Å²) in [7, 11) is 0. The molecule has 1 aliphatic heterocycles. The highest BCUT2D eigenvalue weighted by Gasteiger charge is 2.60. The number of amides is 1. The predicted molar refractivity (Wildman–Crippen MR) is 117 cm³/mol. The van der Waals surface area contributed by atoms with Crippen molar-refractivity contribution in [3.63, 3.8) is 0 Å². The van der Waals surface area contributed by atoms with Crippen LogP contribution in [-0.2, 0) is 4.79 Å². The molecule has 0 N–H and O–H groups in total. The molecule has 6 nitrogen and oxygen atoms in total. The molecular weight excluding hydrogens is 396 g/mol. The van der Waals surface area contributed by atoms with E-state index in [9.17, 15) is 4.79 Å². The van der Waals surface area contributed by atoms with E-state index in [-0.39, 0.29) is 5.91 Å². The van der Waals surface area contributed by atoms with E-state index < -0.39 is 11.0 Å². The zero-order valence-electron chi connectivity index (χ0n) is 16.4. The minimum Gasteiger partial charge on any atom is -0.464 e. The van der Waals surface area contributed by atoms with Gasteiger partial charge in [0.15, 0.2) is 5.50 Å². The number of nitrogens with zero attached hydrogens (tertiary/aromatic N) is 4. The average Bonchev–Trinajstić information content (AvgIpc) is 3.33. The van der Waals surface area contributed by atoms with Crippen LogP contribution in [0.5, 0.6) is 0 Å². The van der Waals surface area contributed by atoms with Crippen LogP contribution in [-0.4, -0.2) is 21.9 Å². The monoisotopic (exact) mass is 416 g/mol. The minimum atomic E-state index is -0.583. The van der Waals surface area contributed by atoms with Gasteiger partial charge in [-0.2, -0.15) is 5.26 Å². The lowest BCUT2D eigenvalue weighted by molar-refractivity contribution is -0.124. The minimum absolute atomic E-state index is 0.0368. The van der Waals surface area contributed by atoms with Gasteiger partial charge in [-0.15, -0.1) is 12.6 Å². The Hall–Kier alpha value is -3.24. The third-order valence-corrected chi connectivity index (χ3v) is 6.58. The number of thiol groups is 1. The highest BCUT2D eigenvalue weighted by molar-refractivity contribution is 7.81. The molecule has 7 heteroatoms. The number of nitriles is 1. The van der Waals surface area contributed by atoms with E-state index in [1.165, 1.54) is 0 Å². The maximum Gasteiger partial charge on any atom is 0.255 e. The van der Waals surface area contributed by atoms with Crippen LogP contribution in [0.2, 0.25) is 0 Å². The Morgan fingerprint density at radius 1 is 1.23 bits per heavy atom. The SMILES string of the molecule is Cc1cc(N2C(=O)C3(CCC3)N(c3ccc(-c4ccco4)cc3)C2S)cnc1C#N. The molecule has 150 valence electrons. The molecule has 30 heavy (non-hydrogen) atoms. The van der Waals surface area contributed by atoms with Gasteiger partial charge in [-0.1, -0.05) is 0 Å². The van der Waals surface area contributed by atoms with Gasteiger partial charge in [-0.25, -0.2) is 4.98 Å². The van der Waals surface area contributed by atoms with Gasteiger partial charge < -0.3 is 9.32 Å². The maximum absolute atomic E-state index is 13.6. The molecule has 0 bridgehead atoms. The Morgan fingerprint density at radius 2 is 2.00 bits per heavy atom. The number of carbonyl (C=O) groups is 1. The predicted octanol–water partition coefficient (Wildman–Crippen LogP) is 4.51. The van der Waals surface area contributed by atoms with Gasteiger partial charge in [0.1, 0.15) is 23.1 Å². The number of aromatic nitrogens is 1. The number of hydrogen-bond donors (Lipinski definition) is 1. The van der Waals surface area contributed by atoms with Gasteiger partial charge >= 0.3 is 0 Å². The number of hydrogen-bond acceptors (Lipinski definition) is 6. The van der Waals surface area contributed by atoms with Crippen LogP contribution in [0.3, 0.4) is 0 Å². The van der Waals surface area contributed by atoms with E-state index in [0.29, 0.717) is 11.4 Å². The highest BCUT2D eigenvalue weighted by Crippen LogP contribution is 2.50. The molecule has 2 aliphatic rings. The lowest BCUT2D eigenvalue weighted by atomic mass is 9.75. The fourth-order valence-electron chi connectivity index (χ4n) is 4.40. The Balaban J connectivity index is 1.53. The van der Waals surface area contributed by atoms with Crippen molar-refractivity contribution in [2.75, 3.05) is 9.80 Å². The van der Waals surface area contributed by atoms with Crippen molar-refractivity contribution >= 4 is 29.9 Å². The maximum atomic E-state index is 13.6.